The first-order valence-electron chi connectivity index (χ1n) is 11.1. The van der Waals surface area contributed by atoms with Gasteiger partial charge in [-0.1, -0.05) is 44.7 Å². The van der Waals surface area contributed by atoms with Gasteiger partial charge in [0.2, 0.25) is 5.91 Å². The molecule has 0 aromatic heterocycles. The largest absolute Gasteiger partial charge is 0.369 e. The number of carbonyl (C=O) groups is 2. The summed E-state index contributed by atoms with van der Waals surface area (Å²) < 4.78 is 3.14. The molecule has 2 bridgehead atoms. The van der Waals surface area contributed by atoms with E-state index >= 15 is 0 Å². The van der Waals surface area contributed by atoms with Gasteiger partial charge in [-0.25, -0.2) is 4.72 Å². The normalized spacial score (nSPS) is 33.9. The zero-order chi connectivity index (χ0) is 23.2. The van der Waals surface area contributed by atoms with Crippen molar-refractivity contribution in [2.24, 2.45) is 28.9 Å². The summed E-state index contributed by atoms with van der Waals surface area (Å²) in [6.45, 7) is 11.6. The molecule has 0 saturated heterocycles. The standard InChI is InChI=1S/C13H24N2O.C11H14ClNOS/c1-8-4-9-5-10(11(8)15-3)7-13(2,6-9)12(14)16;1-3-5-10(9(2)12)15-13-11(8-14)6-4-7-11/h8-11,15H,4-7H2,1-3H3,(H2,14,16);3,5,8,13H,1-2,4,6-7H2/b;10-5+. The zero-order valence-corrected chi connectivity index (χ0v) is 20.7. The van der Waals surface area contributed by atoms with Crippen molar-refractivity contribution in [3.05, 3.63) is 35.2 Å². The number of halogens is 1. The molecule has 4 N–H and O–H groups in total. The third-order valence-corrected chi connectivity index (χ3v) is 8.64. The Hall–Kier alpha value is -1.08. The van der Waals surface area contributed by atoms with Gasteiger partial charge in [0.1, 0.15) is 6.29 Å². The summed E-state index contributed by atoms with van der Waals surface area (Å²) in [5.41, 5.74) is 4.94. The van der Waals surface area contributed by atoms with E-state index in [4.69, 9.17) is 17.3 Å². The zero-order valence-electron chi connectivity index (χ0n) is 19.1. The topological polar surface area (TPSA) is 84.2 Å². The quantitative estimate of drug-likeness (QED) is 0.274. The first-order chi connectivity index (χ1) is 14.6. The third kappa shape index (κ3) is 6.47. The van der Waals surface area contributed by atoms with Crippen LogP contribution in [0.4, 0.5) is 0 Å². The second-order valence-corrected chi connectivity index (χ2v) is 11.0. The third-order valence-electron chi connectivity index (χ3n) is 7.21. The van der Waals surface area contributed by atoms with Gasteiger partial charge in [-0.2, -0.15) is 0 Å². The molecule has 0 aromatic rings. The Balaban J connectivity index is 0.000000221. The minimum atomic E-state index is -0.364. The van der Waals surface area contributed by atoms with E-state index < -0.39 is 0 Å². The van der Waals surface area contributed by atoms with E-state index in [2.05, 4.69) is 37.0 Å². The van der Waals surface area contributed by atoms with Crippen LogP contribution in [-0.4, -0.2) is 30.8 Å². The Kier molecular flexibility index (Phi) is 9.43. The minimum Gasteiger partial charge on any atom is -0.369 e. The number of primary amides is 1. The molecular weight excluding hydrogens is 430 g/mol. The van der Waals surface area contributed by atoms with E-state index in [0.717, 1.165) is 49.2 Å². The average molecular weight is 468 g/mol. The average Bonchev–Trinajstić information content (AvgIpc) is 2.66. The molecule has 3 aliphatic carbocycles. The van der Waals surface area contributed by atoms with Gasteiger partial charge in [0.25, 0.3) is 0 Å². The molecule has 0 aromatic carbocycles. The van der Waals surface area contributed by atoms with Crippen molar-refractivity contribution in [1.82, 2.24) is 10.0 Å². The number of hydrogen-bond donors (Lipinski definition) is 3. The summed E-state index contributed by atoms with van der Waals surface area (Å²) in [5, 5.41) is 3.89. The molecule has 3 fully saturated rings. The van der Waals surface area contributed by atoms with Crippen LogP contribution in [0.2, 0.25) is 0 Å². The van der Waals surface area contributed by atoms with Crippen molar-refractivity contribution >= 4 is 35.7 Å². The van der Waals surface area contributed by atoms with Crippen molar-refractivity contribution in [2.75, 3.05) is 7.05 Å². The molecule has 7 heteroatoms. The fraction of sp³-hybridized carbons (Fsp3) is 0.667. The first-order valence-corrected chi connectivity index (χ1v) is 12.3. The van der Waals surface area contributed by atoms with Crippen molar-refractivity contribution in [3.8, 4) is 0 Å². The molecule has 5 nitrogen and oxygen atoms in total. The van der Waals surface area contributed by atoms with Gasteiger partial charge in [0, 0.05) is 21.4 Å². The Labute approximate surface area is 196 Å². The van der Waals surface area contributed by atoms with Crippen LogP contribution in [0, 0.1) is 23.2 Å². The molecule has 174 valence electrons. The van der Waals surface area contributed by atoms with Gasteiger partial charge in [-0.3, -0.25) is 4.79 Å². The maximum absolute atomic E-state index is 11.6. The van der Waals surface area contributed by atoms with Crippen LogP contribution in [0.3, 0.4) is 0 Å². The van der Waals surface area contributed by atoms with E-state index in [1.165, 1.54) is 24.8 Å². The molecule has 0 aliphatic heterocycles. The molecule has 31 heavy (non-hydrogen) atoms. The summed E-state index contributed by atoms with van der Waals surface area (Å²) in [5.74, 6) is 1.96. The SMILES string of the molecule is C=C/C=C(/SNC1(C=O)CCC1)C(=C)Cl.CNC1C(C)CC2CC1CC(C)(C(N)=O)C2. The lowest BCUT2D eigenvalue weighted by atomic mass is 9.57. The predicted molar refractivity (Wildman–Crippen MR) is 131 cm³/mol. The fourth-order valence-electron chi connectivity index (χ4n) is 5.45. The number of amides is 1. The number of hydrogen-bond acceptors (Lipinski definition) is 5. The highest BCUT2D eigenvalue weighted by atomic mass is 35.5. The van der Waals surface area contributed by atoms with Crippen molar-refractivity contribution in [3.63, 3.8) is 0 Å². The number of nitrogens with one attached hydrogen (secondary N) is 2. The number of rotatable bonds is 8. The highest BCUT2D eigenvalue weighted by molar-refractivity contribution is 8.01. The minimum absolute atomic E-state index is 0.105. The van der Waals surface area contributed by atoms with Gasteiger partial charge in [0.05, 0.1) is 5.54 Å². The smallest absolute Gasteiger partial charge is 0.223 e. The monoisotopic (exact) mass is 467 g/mol. The Bertz CT molecular complexity index is 720. The number of allylic oxidation sites excluding steroid dienone is 3. The maximum Gasteiger partial charge on any atom is 0.223 e. The number of aldehydes is 1. The van der Waals surface area contributed by atoms with Crippen LogP contribution in [0.15, 0.2) is 35.2 Å². The summed E-state index contributed by atoms with van der Waals surface area (Å²) >= 11 is 7.13. The molecule has 0 spiro atoms. The van der Waals surface area contributed by atoms with Gasteiger partial charge in [-0.05, 0) is 87.8 Å². The highest BCUT2D eigenvalue weighted by Gasteiger charge is 2.47. The van der Waals surface area contributed by atoms with E-state index in [-0.39, 0.29) is 16.9 Å². The van der Waals surface area contributed by atoms with Crippen LogP contribution in [0.25, 0.3) is 0 Å². The van der Waals surface area contributed by atoms with Crippen LogP contribution in [0.5, 0.6) is 0 Å². The van der Waals surface area contributed by atoms with Crippen LogP contribution < -0.4 is 15.8 Å². The summed E-state index contributed by atoms with van der Waals surface area (Å²) in [4.78, 5) is 23.3. The van der Waals surface area contributed by atoms with Crippen molar-refractivity contribution < 1.29 is 9.59 Å². The molecule has 0 radical (unpaired) electrons. The van der Waals surface area contributed by atoms with Gasteiger partial charge in [0.15, 0.2) is 0 Å². The lowest BCUT2D eigenvalue weighted by molar-refractivity contribution is -0.132. The maximum atomic E-state index is 11.6. The molecule has 3 aliphatic rings. The molecule has 5 atom stereocenters. The summed E-state index contributed by atoms with van der Waals surface area (Å²) in [7, 11) is 2.04. The molecule has 3 rings (SSSR count). The van der Waals surface area contributed by atoms with Gasteiger partial charge < -0.3 is 15.8 Å². The van der Waals surface area contributed by atoms with Gasteiger partial charge >= 0.3 is 0 Å². The molecular formula is C24H38ClN3O2S. The van der Waals surface area contributed by atoms with E-state index in [1.54, 1.807) is 12.2 Å². The van der Waals surface area contributed by atoms with E-state index in [1.807, 2.05) is 7.05 Å². The Morgan fingerprint density at radius 2 is 1.97 bits per heavy atom. The van der Waals surface area contributed by atoms with E-state index in [9.17, 15) is 9.59 Å². The number of fused-ring (bicyclic) bond motifs is 2. The van der Waals surface area contributed by atoms with Crippen LogP contribution >= 0.6 is 23.5 Å². The molecule has 3 saturated carbocycles. The molecule has 5 unspecified atom stereocenters. The second kappa shape index (κ2) is 11.2. The number of carbonyl (C=O) groups excluding carboxylic acids is 2. The van der Waals surface area contributed by atoms with Crippen molar-refractivity contribution in [1.29, 1.82) is 0 Å². The van der Waals surface area contributed by atoms with Crippen LogP contribution in [-0.2, 0) is 9.59 Å². The summed E-state index contributed by atoms with van der Waals surface area (Å²) in [6.07, 6.45) is 11.7. The fourth-order valence-corrected chi connectivity index (χ4v) is 6.47. The van der Waals surface area contributed by atoms with Gasteiger partial charge in [-0.15, -0.1) is 0 Å². The molecule has 0 heterocycles. The lowest BCUT2D eigenvalue weighted by Gasteiger charge is -2.49. The van der Waals surface area contributed by atoms with Crippen molar-refractivity contribution in [2.45, 2.75) is 70.4 Å². The van der Waals surface area contributed by atoms with Crippen LogP contribution in [0.1, 0.15) is 58.8 Å². The highest BCUT2D eigenvalue weighted by Crippen LogP contribution is 2.50. The summed E-state index contributed by atoms with van der Waals surface area (Å²) in [6, 6.07) is 0.565. The Morgan fingerprint density at radius 1 is 1.29 bits per heavy atom. The first kappa shape index (κ1) is 26.2. The van der Waals surface area contributed by atoms with E-state index in [0.29, 0.717) is 22.9 Å². The predicted octanol–water partition coefficient (Wildman–Crippen LogP) is 4.69. The Morgan fingerprint density at radius 3 is 2.42 bits per heavy atom. The molecule has 1 amide bonds. The number of nitrogens with two attached hydrogens (primary N) is 1. The second-order valence-electron chi connectivity index (χ2n) is 9.73. The lowest BCUT2D eigenvalue weighted by Crippen LogP contribution is -2.52.